The molecule has 7 heteroatoms. The number of rotatable bonds is 5. The van der Waals surface area contributed by atoms with Crippen LogP contribution in [0.25, 0.3) is 0 Å². The van der Waals surface area contributed by atoms with Crippen molar-refractivity contribution >= 4 is 12.0 Å². The number of nitrogens with zero attached hydrogens (tertiary/aromatic N) is 3. The van der Waals surface area contributed by atoms with Gasteiger partial charge in [0.1, 0.15) is 11.6 Å². The summed E-state index contributed by atoms with van der Waals surface area (Å²) in [4.78, 5) is 30.5. The second-order valence-corrected chi connectivity index (χ2v) is 7.95. The SMILES string of the molecule is CC(C)(C)OC(=O)N1CCN(CCCN2CCCCC2)C(=O)C1CO. The molecule has 2 amide bonds. The van der Waals surface area contributed by atoms with Crippen molar-refractivity contribution in [2.45, 2.75) is 58.1 Å². The molecule has 0 radical (unpaired) electrons. The molecular weight excluding hydrogens is 322 g/mol. The van der Waals surface area contributed by atoms with Gasteiger partial charge in [0.05, 0.1) is 6.61 Å². The minimum atomic E-state index is -0.835. The molecule has 25 heavy (non-hydrogen) atoms. The number of hydrogen-bond donors (Lipinski definition) is 1. The molecule has 1 atom stereocenters. The molecule has 0 aliphatic carbocycles. The highest BCUT2D eigenvalue weighted by molar-refractivity contribution is 5.87. The quantitative estimate of drug-likeness (QED) is 0.805. The van der Waals surface area contributed by atoms with Gasteiger partial charge >= 0.3 is 6.09 Å². The minimum Gasteiger partial charge on any atom is -0.444 e. The second kappa shape index (κ2) is 8.85. The monoisotopic (exact) mass is 355 g/mol. The van der Waals surface area contributed by atoms with Gasteiger partial charge in [0, 0.05) is 19.6 Å². The summed E-state index contributed by atoms with van der Waals surface area (Å²) in [7, 11) is 0. The van der Waals surface area contributed by atoms with E-state index in [9.17, 15) is 14.7 Å². The number of carbonyl (C=O) groups is 2. The maximum absolute atomic E-state index is 12.6. The lowest BCUT2D eigenvalue weighted by Crippen LogP contribution is -2.60. The van der Waals surface area contributed by atoms with Crippen molar-refractivity contribution in [3.8, 4) is 0 Å². The van der Waals surface area contributed by atoms with E-state index in [1.807, 2.05) is 0 Å². The van der Waals surface area contributed by atoms with E-state index in [-0.39, 0.29) is 12.5 Å². The first-order valence-electron chi connectivity index (χ1n) is 9.43. The highest BCUT2D eigenvalue weighted by Gasteiger charge is 2.38. The summed E-state index contributed by atoms with van der Waals surface area (Å²) in [6, 6.07) is -0.835. The largest absolute Gasteiger partial charge is 0.444 e. The molecule has 0 aromatic rings. The third-order valence-electron chi connectivity index (χ3n) is 4.74. The van der Waals surface area contributed by atoms with Gasteiger partial charge in [-0.15, -0.1) is 0 Å². The molecule has 2 heterocycles. The summed E-state index contributed by atoms with van der Waals surface area (Å²) in [5.74, 6) is -0.182. The fourth-order valence-corrected chi connectivity index (χ4v) is 3.44. The Bertz CT molecular complexity index is 458. The van der Waals surface area contributed by atoms with Gasteiger partial charge in [-0.05, 0) is 59.7 Å². The minimum absolute atomic E-state index is 0.182. The van der Waals surface area contributed by atoms with Crippen molar-refractivity contribution in [1.29, 1.82) is 0 Å². The van der Waals surface area contributed by atoms with Crippen molar-refractivity contribution in [1.82, 2.24) is 14.7 Å². The number of likely N-dealkylation sites (tertiary alicyclic amines) is 1. The Morgan fingerprint density at radius 2 is 1.80 bits per heavy atom. The molecule has 0 aromatic heterocycles. The number of piperidine rings is 1. The average Bonchev–Trinajstić information content (AvgIpc) is 2.55. The number of hydrogen-bond acceptors (Lipinski definition) is 5. The van der Waals surface area contributed by atoms with Gasteiger partial charge in [-0.25, -0.2) is 4.79 Å². The third kappa shape index (κ3) is 5.85. The lowest BCUT2D eigenvalue weighted by molar-refractivity contribution is -0.143. The van der Waals surface area contributed by atoms with E-state index in [1.165, 1.54) is 24.2 Å². The molecule has 0 saturated carbocycles. The summed E-state index contributed by atoms with van der Waals surface area (Å²) in [6.45, 7) is 9.87. The van der Waals surface area contributed by atoms with Crippen LogP contribution in [-0.4, -0.2) is 89.3 Å². The number of amides is 2. The predicted molar refractivity (Wildman–Crippen MR) is 95.3 cm³/mol. The predicted octanol–water partition coefficient (Wildman–Crippen LogP) is 1.30. The number of carbonyl (C=O) groups excluding carboxylic acids is 2. The number of aliphatic hydroxyl groups is 1. The van der Waals surface area contributed by atoms with Gasteiger partial charge in [0.15, 0.2) is 0 Å². The van der Waals surface area contributed by atoms with Gasteiger partial charge in [-0.1, -0.05) is 6.42 Å². The Morgan fingerprint density at radius 1 is 1.12 bits per heavy atom. The third-order valence-corrected chi connectivity index (χ3v) is 4.74. The van der Waals surface area contributed by atoms with Crippen LogP contribution in [0, 0.1) is 0 Å². The van der Waals surface area contributed by atoms with E-state index in [2.05, 4.69) is 4.90 Å². The molecule has 2 saturated heterocycles. The number of aliphatic hydroxyl groups excluding tert-OH is 1. The van der Waals surface area contributed by atoms with E-state index in [1.54, 1.807) is 25.7 Å². The van der Waals surface area contributed by atoms with E-state index in [0.717, 1.165) is 26.1 Å². The Labute approximate surface area is 150 Å². The second-order valence-electron chi connectivity index (χ2n) is 7.95. The van der Waals surface area contributed by atoms with Crippen LogP contribution >= 0.6 is 0 Å². The number of piperazine rings is 1. The molecule has 2 rings (SSSR count). The van der Waals surface area contributed by atoms with Crippen LogP contribution < -0.4 is 0 Å². The highest BCUT2D eigenvalue weighted by atomic mass is 16.6. The Kier molecular flexibility index (Phi) is 7.07. The van der Waals surface area contributed by atoms with E-state index >= 15 is 0 Å². The van der Waals surface area contributed by atoms with Crippen LogP contribution in [-0.2, 0) is 9.53 Å². The lowest BCUT2D eigenvalue weighted by atomic mass is 10.1. The molecule has 1 N–H and O–H groups in total. The maximum atomic E-state index is 12.6. The fourth-order valence-electron chi connectivity index (χ4n) is 3.44. The standard InChI is InChI=1S/C18H33N3O4/c1-18(2,3)25-17(24)21-13-12-20(16(23)15(21)14-22)11-7-10-19-8-5-4-6-9-19/h15,22H,4-14H2,1-3H3. The maximum Gasteiger partial charge on any atom is 0.411 e. The smallest absolute Gasteiger partial charge is 0.411 e. The van der Waals surface area contributed by atoms with Crippen LogP contribution in [0.3, 0.4) is 0 Å². The van der Waals surface area contributed by atoms with Crippen LogP contribution in [0.4, 0.5) is 4.79 Å². The molecule has 0 aromatic carbocycles. The molecule has 0 bridgehead atoms. The highest BCUT2D eigenvalue weighted by Crippen LogP contribution is 2.17. The van der Waals surface area contributed by atoms with E-state index in [4.69, 9.17) is 4.74 Å². The Hall–Kier alpha value is -1.34. The van der Waals surface area contributed by atoms with Crippen molar-refractivity contribution in [2.75, 3.05) is 45.9 Å². The first kappa shape index (κ1) is 20.0. The van der Waals surface area contributed by atoms with Gasteiger partial charge in [0.25, 0.3) is 0 Å². The zero-order chi connectivity index (χ0) is 18.4. The molecular formula is C18H33N3O4. The van der Waals surface area contributed by atoms with Gasteiger partial charge in [-0.3, -0.25) is 9.69 Å². The average molecular weight is 355 g/mol. The first-order chi connectivity index (χ1) is 11.8. The zero-order valence-corrected chi connectivity index (χ0v) is 15.9. The molecule has 144 valence electrons. The van der Waals surface area contributed by atoms with Crippen LogP contribution in [0.1, 0.15) is 46.5 Å². The number of ether oxygens (including phenoxy) is 1. The molecule has 0 spiro atoms. The Morgan fingerprint density at radius 3 is 2.40 bits per heavy atom. The van der Waals surface area contributed by atoms with Crippen molar-refractivity contribution in [3.05, 3.63) is 0 Å². The van der Waals surface area contributed by atoms with Crippen molar-refractivity contribution < 1.29 is 19.4 Å². The molecule has 2 aliphatic heterocycles. The Balaban J connectivity index is 1.84. The summed E-state index contributed by atoms with van der Waals surface area (Å²) in [5, 5.41) is 9.62. The lowest BCUT2D eigenvalue weighted by Gasteiger charge is -2.40. The van der Waals surface area contributed by atoms with E-state index < -0.39 is 17.7 Å². The molecule has 7 nitrogen and oxygen atoms in total. The van der Waals surface area contributed by atoms with Gasteiger partial charge in [-0.2, -0.15) is 0 Å². The molecule has 1 unspecified atom stereocenters. The van der Waals surface area contributed by atoms with Crippen LogP contribution in [0.15, 0.2) is 0 Å². The summed E-state index contributed by atoms with van der Waals surface area (Å²) in [5.41, 5.74) is -0.619. The zero-order valence-electron chi connectivity index (χ0n) is 15.9. The summed E-state index contributed by atoms with van der Waals surface area (Å²) >= 11 is 0. The summed E-state index contributed by atoms with van der Waals surface area (Å²) < 4.78 is 5.35. The van der Waals surface area contributed by atoms with Crippen molar-refractivity contribution in [2.24, 2.45) is 0 Å². The first-order valence-corrected chi connectivity index (χ1v) is 9.43. The van der Waals surface area contributed by atoms with Crippen LogP contribution in [0.2, 0.25) is 0 Å². The molecule has 2 fully saturated rings. The fraction of sp³-hybridized carbons (Fsp3) is 0.889. The van der Waals surface area contributed by atoms with E-state index in [0.29, 0.717) is 19.6 Å². The van der Waals surface area contributed by atoms with Gasteiger partial charge < -0.3 is 19.6 Å². The normalized spacial score (nSPS) is 23.0. The molecule has 2 aliphatic rings. The van der Waals surface area contributed by atoms with Crippen molar-refractivity contribution in [3.63, 3.8) is 0 Å². The van der Waals surface area contributed by atoms with Crippen LogP contribution in [0.5, 0.6) is 0 Å². The summed E-state index contributed by atoms with van der Waals surface area (Å²) in [6.07, 6.45) is 4.24. The van der Waals surface area contributed by atoms with Gasteiger partial charge in [0.2, 0.25) is 5.91 Å². The topological polar surface area (TPSA) is 73.3 Å².